The Kier molecular flexibility index (Phi) is 3.10. The van der Waals surface area contributed by atoms with Gasteiger partial charge in [-0.3, -0.25) is 9.67 Å². The largest absolute Gasteiger partial charge is 0.494 e. The number of ether oxygens (including phenoxy) is 1. The lowest BCUT2D eigenvalue weighted by molar-refractivity contribution is 0.416. The minimum Gasteiger partial charge on any atom is -0.494 e. The summed E-state index contributed by atoms with van der Waals surface area (Å²) in [5.74, 6) is 0.414. The van der Waals surface area contributed by atoms with Crippen molar-refractivity contribution < 1.29 is 4.74 Å². The zero-order chi connectivity index (χ0) is 13.3. The molecular formula is C12H14N4O2. The van der Waals surface area contributed by atoms with Crippen molar-refractivity contribution in [1.82, 2.24) is 14.8 Å². The third-order valence-electron chi connectivity index (χ3n) is 2.93. The highest BCUT2D eigenvalue weighted by atomic mass is 16.5. The predicted octanol–water partition coefficient (Wildman–Crippen LogP) is 2.51. The number of rotatable bonds is 3. The summed E-state index contributed by atoms with van der Waals surface area (Å²) in [6.45, 7) is 3.89. The lowest BCUT2D eigenvalue weighted by Gasteiger charge is -2.06. The first-order valence-corrected chi connectivity index (χ1v) is 5.46. The van der Waals surface area contributed by atoms with Gasteiger partial charge in [0.15, 0.2) is 11.4 Å². The molecule has 0 unspecified atom stereocenters. The van der Waals surface area contributed by atoms with Crippen molar-refractivity contribution in [2.45, 2.75) is 13.8 Å². The van der Waals surface area contributed by atoms with E-state index in [0.717, 1.165) is 22.6 Å². The predicted molar refractivity (Wildman–Crippen MR) is 67.9 cm³/mol. The van der Waals surface area contributed by atoms with Gasteiger partial charge in [0.25, 0.3) is 0 Å². The highest BCUT2D eigenvalue weighted by Crippen LogP contribution is 2.32. The molecular weight excluding hydrogens is 232 g/mol. The van der Waals surface area contributed by atoms with Crippen LogP contribution in [0.25, 0.3) is 11.3 Å². The molecule has 2 heterocycles. The van der Waals surface area contributed by atoms with Gasteiger partial charge in [0.05, 0.1) is 24.7 Å². The van der Waals surface area contributed by atoms with E-state index in [1.165, 1.54) is 13.3 Å². The minimum atomic E-state index is 0.195. The molecule has 0 saturated heterocycles. The van der Waals surface area contributed by atoms with Crippen LogP contribution in [0.1, 0.15) is 11.4 Å². The Morgan fingerprint density at radius 2 is 2.11 bits per heavy atom. The van der Waals surface area contributed by atoms with Gasteiger partial charge in [-0.05, 0) is 19.0 Å². The Balaban J connectivity index is 2.61. The van der Waals surface area contributed by atoms with E-state index in [0.29, 0.717) is 5.75 Å². The molecule has 6 nitrogen and oxygen atoms in total. The Morgan fingerprint density at radius 1 is 1.39 bits per heavy atom. The van der Waals surface area contributed by atoms with E-state index in [2.05, 4.69) is 15.3 Å². The minimum absolute atomic E-state index is 0.195. The van der Waals surface area contributed by atoms with Gasteiger partial charge in [0.2, 0.25) is 0 Å². The molecule has 0 saturated carbocycles. The van der Waals surface area contributed by atoms with E-state index in [4.69, 9.17) is 4.74 Å². The van der Waals surface area contributed by atoms with E-state index in [9.17, 15) is 4.91 Å². The molecule has 0 N–H and O–H groups in total. The molecule has 0 aromatic carbocycles. The first kappa shape index (κ1) is 12.2. The van der Waals surface area contributed by atoms with Crippen LogP contribution < -0.4 is 4.74 Å². The quantitative estimate of drug-likeness (QED) is 0.780. The average Bonchev–Trinajstić information content (AvgIpc) is 2.62. The van der Waals surface area contributed by atoms with Crippen molar-refractivity contribution in [3.8, 4) is 17.0 Å². The van der Waals surface area contributed by atoms with Gasteiger partial charge in [0.1, 0.15) is 0 Å². The Morgan fingerprint density at radius 3 is 2.61 bits per heavy atom. The van der Waals surface area contributed by atoms with Gasteiger partial charge < -0.3 is 4.74 Å². The summed E-state index contributed by atoms with van der Waals surface area (Å²) in [6.07, 6.45) is 1.41. The molecule has 0 fully saturated rings. The van der Waals surface area contributed by atoms with Crippen molar-refractivity contribution in [3.05, 3.63) is 28.6 Å². The number of nitrogens with zero attached hydrogens (tertiary/aromatic N) is 4. The SMILES string of the molecule is COc1cc(-c2c(C)nn(C)c2C)ncc1N=O. The van der Waals surface area contributed by atoms with Gasteiger partial charge in [-0.15, -0.1) is 4.91 Å². The molecule has 0 aliphatic heterocycles. The van der Waals surface area contributed by atoms with Crippen molar-refractivity contribution >= 4 is 5.69 Å². The number of aromatic nitrogens is 3. The number of pyridine rings is 1. The van der Waals surface area contributed by atoms with E-state index in [-0.39, 0.29) is 5.69 Å². The van der Waals surface area contributed by atoms with E-state index in [1.54, 1.807) is 10.7 Å². The van der Waals surface area contributed by atoms with Crippen molar-refractivity contribution in [2.75, 3.05) is 7.11 Å². The Bertz CT molecular complexity index is 604. The molecule has 0 radical (unpaired) electrons. The fourth-order valence-corrected chi connectivity index (χ4v) is 1.94. The molecule has 6 heteroatoms. The fraction of sp³-hybridized carbons (Fsp3) is 0.333. The summed E-state index contributed by atoms with van der Waals surface area (Å²) in [5, 5.41) is 7.20. The molecule has 2 aromatic heterocycles. The lowest BCUT2D eigenvalue weighted by Crippen LogP contribution is -1.93. The van der Waals surface area contributed by atoms with Gasteiger partial charge in [-0.1, -0.05) is 0 Å². The molecule has 0 amide bonds. The maximum absolute atomic E-state index is 10.6. The molecule has 0 atom stereocenters. The van der Waals surface area contributed by atoms with Crippen LogP contribution in [0.5, 0.6) is 5.75 Å². The van der Waals surface area contributed by atoms with Gasteiger partial charge in [0, 0.05) is 24.4 Å². The van der Waals surface area contributed by atoms with Crippen molar-refractivity contribution in [2.24, 2.45) is 12.2 Å². The third kappa shape index (κ3) is 1.85. The molecule has 94 valence electrons. The molecule has 18 heavy (non-hydrogen) atoms. The second kappa shape index (κ2) is 4.56. The Labute approximate surface area is 105 Å². The van der Waals surface area contributed by atoms with Crippen LogP contribution in [0.3, 0.4) is 0 Å². The highest BCUT2D eigenvalue weighted by Gasteiger charge is 2.15. The molecule has 0 spiro atoms. The monoisotopic (exact) mass is 246 g/mol. The van der Waals surface area contributed by atoms with Crippen LogP contribution in [0, 0.1) is 18.8 Å². The average molecular weight is 246 g/mol. The second-order valence-electron chi connectivity index (χ2n) is 4.00. The van der Waals surface area contributed by atoms with Crippen LogP contribution in [0.15, 0.2) is 17.4 Å². The molecule has 0 bridgehead atoms. The maximum Gasteiger partial charge on any atom is 0.168 e. The van der Waals surface area contributed by atoms with Crippen LogP contribution in [-0.4, -0.2) is 21.9 Å². The summed E-state index contributed by atoms with van der Waals surface area (Å²) in [7, 11) is 3.38. The van der Waals surface area contributed by atoms with Crippen LogP contribution in [0.2, 0.25) is 0 Å². The summed E-state index contributed by atoms with van der Waals surface area (Å²) in [5.41, 5.74) is 3.77. The fourth-order valence-electron chi connectivity index (χ4n) is 1.94. The topological polar surface area (TPSA) is 69.4 Å². The summed E-state index contributed by atoms with van der Waals surface area (Å²) in [6, 6.07) is 1.70. The van der Waals surface area contributed by atoms with Gasteiger partial charge >= 0.3 is 0 Å². The molecule has 0 aliphatic rings. The molecule has 2 rings (SSSR count). The lowest BCUT2D eigenvalue weighted by atomic mass is 10.1. The first-order valence-electron chi connectivity index (χ1n) is 5.46. The van der Waals surface area contributed by atoms with Crippen LogP contribution in [-0.2, 0) is 7.05 Å². The summed E-state index contributed by atoms with van der Waals surface area (Å²) in [4.78, 5) is 14.8. The highest BCUT2D eigenvalue weighted by molar-refractivity contribution is 5.68. The smallest absolute Gasteiger partial charge is 0.168 e. The van der Waals surface area contributed by atoms with Crippen molar-refractivity contribution in [3.63, 3.8) is 0 Å². The normalized spacial score (nSPS) is 10.4. The van der Waals surface area contributed by atoms with E-state index < -0.39 is 0 Å². The zero-order valence-corrected chi connectivity index (χ0v) is 10.8. The number of hydrogen-bond acceptors (Lipinski definition) is 5. The maximum atomic E-state index is 10.6. The number of hydrogen-bond donors (Lipinski definition) is 0. The first-order chi connectivity index (χ1) is 8.58. The van der Waals surface area contributed by atoms with E-state index in [1.807, 2.05) is 20.9 Å². The van der Waals surface area contributed by atoms with Gasteiger partial charge in [-0.25, -0.2) is 0 Å². The van der Waals surface area contributed by atoms with Crippen LogP contribution in [0.4, 0.5) is 5.69 Å². The summed E-state index contributed by atoms with van der Waals surface area (Å²) >= 11 is 0. The van der Waals surface area contributed by atoms with Crippen molar-refractivity contribution in [1.29, 1.82) is 0 Å². The van der Waals surface area contributed by atoms with E-state index >= 15 is 0 Å². The zero-order valence-electron chi connectivity index (χ0n) is 10.8. The number of methoxy groups -OCH3 is 1. The molecule has 2 aromatic rings. The summed E-state index contributed by atoms with van der Waals surface area (Å²) < 4.78 is 6.92. The number of nitroso groups, excluding NO2 is 1. The second-order valence-corrected chi connectivity index (χ2v) is 4.00. The number of aryl methyl sites for hydroxylation is 2. The Hall–Kier alpha value is -2.24. The molecule has 0 aliphatic carbocycles. The third-order valence-corrected chi connectivity index (χ3v) is 2.93. The van der Waals surface area contributed by atoms with Gasteiger partial charge in [-0.2, -0.15) is 5.10 Å². The standard InChI is InChI=1S/C12H14N4O2/c1-7-12(8(2)16(3)14-7)9-5-11(18-4)10(15-17)6-13-9/h5-6H,1-4H3. The van der Waals surface area contributed by atoms with Crippen LogP contribution >= 0.6 is 0 Å².